The second kappa shape index (κ2) is 5.32. The first-order valence-corrected chi connectivity index (χ1v) is 8.97. The zero-order chi connectivity index (χ0) is 17.0. The lowest BCUT2D eigenvalue weighted by atomic mass is 9.95. The van der Waals surface area contributed by atoms with Crippen molar-refractivity contribution < 1.29 is 0 Å². The van der Waals surface area contributed by atoms with Crippen molar-refractivity contribution in [2.75, 3.05) is 0 Å². The van der Waals surface area contributed by atoms with E-state index < -0.39 is 0 Å². The van der Waals surface area contributed by atoms with Gasteiger partial charge in [-0.15, -0.1) is 0 Å². The standard InChI is InChI=1S/C25H20/c1-16(2)17-7-8-20-12-24-14-22-10-18-5-3-4-6-19(18)11-23(22)15-25(24)13-21(20)9-17/h3-16H,1-2H3. The largest absolute Gasteiger partial charge is 0.0616 e. The summed E-state index contributed by atoms with van der Waals surface area (Å²) >= 11 is 0. The highest BCUT2D eigenvalue weighted by molar-refractivity contribution is 6.08. The first-order chi connectivity index (χ1) is 12.2. The maximum Gasteiger partial charge on any atom is -0.0171 e. The van der Waals surface area contributed by atoms with Gasteiger partial charge in [0.25, 0.3) is 0 Å². The van der Waals surface area contributed by atoms with Crippen LogP contribution >= 0.6 is 0 Å². The number of benzene rings is 5. The highest BCUT2D eigenvalue weighted by atomic mass is 14.1. The summed E-state index contributed by atoms with van der Waals surface area (Å²) < 4.78 is 0. The normalized spacial score (nSPS) is 12.0. The molecular weight excluding hydrogens is 300 g/mol. The SMILES string of the molecule is CC(C)c1ccc2cc3cc4cc5ccccc5cc4cc3cc2c1. The molecule has 0 bridgehead atoms. The fourth-order valence-electron chi connectivity index (χ4n) is 3.82. The van der Waals surface area contributed by atoms with Crippen molar-refractivity contribution in [1.82, 2.24) is 0 Å². The zero-order valence-corrected chi connectivity index (χ0v) is 14.6. The van der Waals surface area contributed by atoms with Crippen LogP contribution in [0.4, 0.5) is 0 Å². The van der Waals surface area contributed by atoms with Crippen LogP contribution in [0.15, 0.2) is 78.9 Å². The molecule has 0 saturated heterocycles. The summed E-state index contributed by atoms with van der Waals surface area (Å²) in [7, 11) is 0. The van der Waals surface area contributed by atoms with E-state index in [0.717, 1.165) is 0 Å². The van der Waals surface area contributed by atoms with Crippen LogP contribution in [0.5, 0.6) is 0 Å². The Labute approximate surface area is 147 Å². The van der Waals surface area contributed by atoms with Crippen molar-refractivity contribution in [3.05, 3.63) is 84.4 Å². The lowest BCUT2D eigenvalue weighted by Crippen LogP contribution is -1.87. The minimum atomic E-state index is 0.558. The van der Waals surface area contributed by atoms with Crippen LogP contribution in [0.3, 0.4) is 0 Å². The molecule has 0 spiro atoms. The number of hydrogen-bond acceptors (Lipinski definition) is 0. The van der Waals surface area contributed by atoms with E-state index in [1.165, 1.54) is 48.7 Å². The van der Waals surface area contributed by atoms with Crippen molar-refractivity contribution in [3.63, 3.8) is 0 Å². The van der Waals surface area contributed by atoms with Crippen LogP contribution in [-0.4, -0.2) is 0 Å². The van der Waals surface area contributed by atoms with E-state index in [2.05, 4.69) is 92.7 Å². The highest BCUT2D eigenvalue weighted by Crippen LogP contribution is 2.31. The van der Waals surface area contributed by atoms with Gasteiger partial charge in [0.1, 0.15) is 0 Å². The molecule has 0 aliphatic carbocycles. The Bertz CT molecular complexity index is 1260. The van der Waals surface area contributed by atoms with Gasteiger partial charge in [-0.05, 0) is 91.0 Å². The van der Waals surface area contributed by atoms with Crippen molar-refractivity contribution in [2.45, 2.75) is 19.8 Å². The van der Waals surface area contributed by atoms with Crippen LogP contribution in [0.25, 0.3) is 43.1 Å². The van der Waals surface area contributed by atoms with Crippen LogP contribution in [0.2, 0.25) is 0 Å². The van der Waals surface area contributed by atoms with E-state index in [0.29, 0.717) is 5.92 Å². The monoisotopic (exact) mass is 320 g/mol. The summed E-state index contributed by atoms with van der Waals surface area (Å²) in [5.74, 6) is 0.558. The molecule has 0 atom stereocenters. The third-order valence-corrected chi connectivity index (χ3v) is 5.31. The predicted octanol–water partition coefficient (Wildman–Crippen LogP) is 7.42. The van der Waals surface area contributed by atoms with E-state index in [-0.39, 0.29) is 0 Å². The summed E-state index contributed by atoms with van der Waals surface area (Å²) in [6, 6.07) is 29.4. The first-order valence-electron chi connectivity index (χ1n) is 8.97. The molecule has 0 unspecified atom stereocenters. The molecule has 0 nitrogen and oxygen atoms in total. The molecule has 0 aliphatic rings. The van der Waals surface area contributed by atoms with Crippen molar-refractivity contribution in [1.29, 1.82) is 0 Å². The molecule has 5 rings (SSSR count). The van der Waals surface area contributed by atoms with E-state index in [1.807, 2.05) is 0 Å². The lowest BCUT2D eigenvalue weighted by molar-refractivity contribution is 0.869. The fraction of sp³-hybridized carbons (Fsp3) is 0.120. The Kier molecular flexibility index (Phi) is 3.08. The van der Waals surface area contributed by atoms with Gasteiger partial charge in [-0.2, -0.15) is 0 Å². The smallest absolute Gasteiger partial charge is 0.0171 e. The molecule has 0 radical (unpaired) electrons. The van der Waals surface area contributed by atoms with Crippen LogP contribution < -0.4 is 0 Å². The van der Waals surface area contributed by atoms with Gasteiger partial charge in [0.2, 0.25) is 0 Å². The second-order valence-electron chi connectivity index (χ2n) is 7.36. The fourth-order valence-corrected chi connectivity index (χ4v) is 3.82. The Morgan fingerprint density at radius 3 is 1.32 bits per heavy atom. The number of fused-ring (bicyclic) bond motifs is 4. The lowest BCUT2D eigenvalue weighted by Gasteiger charge is -2.10. The van der Waals surface area contributed by atoms with Gasteiger partial charge in [-0.25, -0.2) is 0 Å². The molecule has 0 aromatic heterocycles. The van der Waals surface area contributed by atoms with Crippen molar-refractivity contribution >= 4 is 43.1 Å². The quantitative estimate of drug-likeness (QED) is 0.282. The molecule has 120 valence electrons. The Hall–Kier alpha value is -2.86. The Balaban J connectivity index is 1.83. The molecule has 0 saturated carbocycles. The summed E-state index contributed by atoms with van der Waals surface area (Å²) in [6.45, 7) is 4.50. The number of rotatable bonds is 1. The molecule has 0 heterocycles. The zero-order valence-electron chi connectivity index (χ0n) is 14.6. The molecule has 0 heteroatoms. The molecule has 5 aromatic carbocycles. The maximum absolute atomic E-state index is 2.34. The van der Waals surface area contributed by atoms with Crippen LogP contribution in [0.1, 0.15) is 25.3 Å². The maximum atomic E-state index is 2.34. The van der Waals surface area contributed by atoms with E-state index in [1.54, 1.807) is 0 Å². The van der Waals surface area contributed by atoms with E-state index in [9.17, 15) is 0 Å². The van der Waals surface area contributed by atoms with Gasteiger partial charge in [0, 0.05) is 0 Å². The molecule has 0 aliphatic heterocycles. The summed E-state index contributed by atoms with van der Waals surface area (Å²) in [4.78, 5) is 0. The minimum Gasteiger partial charge on any atom is -0.0616 e. The number of hydrogen-bond donors (Lipinski definition) is 0. The molecule has 0 fully saturated rings. The molecule has 0 amide bonds. The molecular formula is C25H20. The third kappa shape index (κ3) is 2.37. The van der Waals surface area contributed by atoms with Gasteiger partial charge in [-0.1, -0.05) is 56.3 Å². The van der Waals surface area contributed by atoms with Crippen LogP contribution in [-0.2, 0) is 0 Å². The van der Waals surface area contributed by atoms with E-state index in [4.69, 9.17) is 0 Å². The highest BCUT2D eigenvalue weighted by Gasteiger charge is 2.05. The molecule has 25 heavy (non-hydrogen) atoms. The predicted molar refractivity (Wildman–Crippen MR) is 111 cm³/mol. The summed E-state index contributed by atoms with van der Waals surface area (Å²) in [6.07, 6.45) is 0. The van der Waals surface area contributed by atoms with Gasteiger partial charge < -0.3 is 0 Å². The van der Waals surface area contributed by atoms with Crippen molar-refractivity contribution in [2.24, 2.45) is 0 Å². The van der Waals surface area contributed by atoms with Gasteiger partial charge >= 0.3 is 0 Å². The minimum absolute atomic E-state index is 0.558. The Morgan fingerprint density at radius 1 is 0.440 bits per heavy atom. The van der Waals surface area contributed by atoms with Crippen molar-refractivity contribution in [3.8, 4) is 0 Å². The topological polar surface area (TPSA) is 0 Å². The van der Waals surface area contributed by atoms with Gasteiger partial charge in [0.15, 0.2) is 0 Å². The van der Waals surface area contributed by atoms with E-state index >= 15 is 0 Å². The molecule has 5 aromatic rings. The Morgan fingerprint density at radius 2 is 0.840 bits per heavy atom. The third-order valence-electron chi connectivity index (χ3n) is 5.31. The van der Waals surface area contributed by atoms with Crippen LogP contribution in [0, 0.1) is 0 Å². The average molecular weight is 320 g/mol. The summed E-state index contributed by atoms with van der Waals surface area (Å²) in [5, 5.41) is 10.5. The summed E-state index contributed by atoms with van der Waals surface area (Å²) in [5.41, 5.74) is 1.40. The van der Waals surface area contributed by atoms with Gasteiger partial charge in [-0.3, -0.25) is 0 Å². The first kappa shape index (κ1) is 14.5. The molecule has 0 N–H and O–H groups in total. The second-order valence-corrected chi connectivity index (χ2v) is 7.36. The van der Waals surface area contributed by atoms with Gasteiger partial charge in [0.05, 0.1) is 0 Å². The average Bonchev–Trinajstić information content (AvgIpc) is 2.62.